The van der Waals surface area contributed by atoms with Gasteiger partial charge in [-0.25, -0.2) is 14.6 Å². The maximum absolute atomic E-state index is 12.5. The van der Waals surface area contributed by atoms with E-state index in [1.807, 2.05) is 6.92 Å². The van der Waals surface area contributed by atoms with Crippen molar-refractivity contribution in [2.75, 3.05) is 33.4 Å². The first-order valence-electron chi connectivity index (χ1n) is 10.1. The van der Waals surface area contributed by atoms with E-state index in [9.17, 15) is 24.9 Å². The van der Waals surface area contributed by atoms with E-state index in [2.05, 4.69) is 4.99 Å². The number of aliphatic hydroxyl groups excluding tert-OH is 2. The highest BCUT2D eigenvalue weighted by molar-refractivity contribution is 5.85. The van der Waals surface area contributed by atoms with Gasteiger partial charge >= 0.3 is 12.1 Å². The molecule has 1 rings (SSSR count). The Morgan fingerprint density at radius 2 is 2.06 bits per heavy atom. The predicted molar refractivity (Wildman–Crippen MR) is 113 cm³/mol. The molecule has 0 aromatic carbocycles. The molecular weight excluding hydrogens is 412 g/mol. The number of hydrogen-bond acceptors (Lipinski definition) is 8. The minimum Gasteiger partial charge on any atom is -0.479 e. The molecule has 0 unspecified atom stereocenters. The molecule has 0 spiro atoms. The Morgan fingerprint density at radius 3 is 2.61 bits per heavy atom. The average Bonchev–Trinajstić information content (AvgIpc) is 2.72. The summed E-state index contributed by atoms with van der Waals surface area (Å²) in [6, 6.07) is -0.799. The molecule has 1 amide bonds. The predicted octanol–water partition coefficient (Wildman–Crippen LogP) is -0.515. The van der Waals surface area contributed by atoms with Gasteiger partial charge in [0.25, 0.3) is 0 Å². The first-order valence-corrected chi connectivity index (χ1v) is 10.1. The highest BCUT2D eigenvalue weighted by Gasteiger charge is 2.44. The van der Waals surface area contributed by atoms with Gasteiger partial charge in [0.15, 0.2) is 12.1 Å². The Labute approximate surface area is 182 Å². The summed E-state index contributed by atoms with van der Waals surface area (Å²) in [7, 11) is 1.49. The van der Waals surface area contributed by atoms with Gasteiger partial charge < -0.3 is 45.9 Å². The molecule has 0 aliphatic carbocycles. The zero-order valence-electron chi connectivity index (χ0n) is 18.1. The van der Waals surface area contributed by atoms with E-state index in [-0.39, 0.29) is 13.9 Å². The number of nitrogens with two attached hydrogens (primary N) is 2. The topological polar surface area (TPSA) is 190 Å². The van der Waals surface area contributed by atoms with Crippen LogP contribution in [0.1, 0.15) is 28.1 Å². The lowest BCUT2D eigenvalue weighted by atomic mass is 9.87. The Balaban J connectivity index is 0.00000961. The van der Waals surface area contributed by atoms with Crippen LogP contribution >= 0.6 is 0 Å². The lowest BCUT2D eigenvalue weighted by molar-refractivity contribution is -0.147. The Morgan fingerprint density at radius 1 is 1.39 bits per heavy atom. The van der Waals surface area contributed by atoms with Crippen molar-refractivity contribution in [1.29, 1.82) is 0 Å². The van der Waals surface area contributed by atoms with Gasteiger partial charge in [-0.05, 0) is 12.5 Å². The van der Waals surface area contributed by atoms with Crippen LogP contribution in [0.3, 0.4) is 0 Å². The molecule has 31 heavy (non-hydrogen) atoms. The number of carbonyl (C=O) groups excluding carboxylic acids is 1. The fraction of sp³-hybridized carbons (Fsp3) is 0.737. The standard InChI is InChI=1S/C19H34N4O8.H2/c1-4-5-7-29-8-6-23(3)19(28)31-16(13(25)10-24)15-11(2)12(22-18(20)21)9-14(30-15)17(26)27;/h9,11-13,15-16,24-25H,4-8,10H2,1-3H3,(H,26,27)(H4,20,21,22);1H/t11-,12+,13-,15-,16-;/m1./s1/i;1+2. The van der Waals surface area contributed by atoms with Crippen molar-refractivity contribution in [2.24, 2.45) is 22.4 Å². The number of nitrogens with zero attached hydrogens (tertiary/aromatic N) is 2. The quantitative estimate of drug-likeness (QED) is 0.147. The Hall–Kier alpha value is -2.57. The van der Waals surface area contributed by atoms with Crippen LogP contribution in [0, 0.1) is 5.92 Å². The first kappa shape index (κ1) is 26.5. The van der Waals surface area contributed by atoms with E-state index in [1.54, 1.807) is 6.92 Å². The Bertz CT molecular complexity index is 659. The van der Waals surface area contributed by atoms with Crippen molar-refractivity contribution in [1.82, 2.24) is 4.90 Å². The van der Waals surface area contributed by atoms with E-state index >= 15 is 0 Å². The summed E-state index contributed by atoms with van der Waals surface area (Å²) in [4.78, 5) is 29.2. The number of carbonyl (C=O) groups is 2. The average molecular weight is 451 g/mol. The fourth-order valence-corrected chi connectivity index (χ4v) is 2.93. The maximum atomic E-state index is 12.5. The molecule has 12 heteroatoms. The van der Waals surface area contributed by atoms with Gasteiger partial charge in [0.05, 0.1) is 19.3 Å². The van der Waals surface area contributed by atoms with Gasteiger partial charge in [0, 0.05) is 27.5 Å². The smallest absolute Gasteiger partial charge is 0.410 e. The van der Waals surface area contributed by atoms with Crippen molar-refractivity contribution in [3.8, 4) is 0 Å². The van der Waals surface area contributed by atoms with Gasteiger partial charge in [-0.1, -0.05) is 20.3 Å². The molecule has 0 fully saturated rings. The molecular formula is C19H36N4O8. The lowest BCUT2D eigenvalue weighted by Gasteiger charge is -2.38. The van der Waals surface area contributed by atoms with E-state index < -0.39 is 54.7 Å². The van der Waals surface area contributed by atoms with Gasteiger partial charge in [-0.3, -0.25) is 0 Å². The summed E-state index contributed by atoms with van der Waals surface area (Å²) in [6.45, 7) is 4.06. The van der Waals surface area contributed by atoms with Crippen LogP contribution in [-0.4, -0.2) is 96.0 Å². The van der Waals surface area contributed by atoms with Gasteiger partial charge in [-0.2, -0.15) is 0 Å². The van der Waals surface area contributed by atoms with Crippen LogP contribution in [-0.2, 0) is 19.0 Å². The number of amides is 1. The second kappa shape index (κ2) is 13.0. The molecule has 12 nitrogen and oxygen atoms in total. The molecule has 0 saturated heterocycles. The number of aliphatic imine (C=N–C) groups is 1. The van der Waals surface area contributed by atoms with Crippen LogP contribution in [0.5, 0.6) is 0 Å². The van der Waals surface area contributed by atoms with Crippen molar-refractivity contribution in [3.63, 3.8) is 0 Å². The molecule has 0 saturated carbocycles. The highest BCUT2D eigenvalue weighted by atomic mass is 16.6. The van der Waals surface area contributed by atoms with E-state index in [4.69, 9.17) is 25.7 Å². The minimum absolute atomic E-state index is 0. The monoisotopic (exact) mass is 450 g/mol. The number of rotatable bonds is 12. The normalized spacial score (nSPS) is 22.5. The van der Waals surface area contributed by atoms with Gasteiger partial charge in [-0.15, -0.1) is 0 Å². The van der Waals surface area contributed by atoms with Crippen molar-refractivity contribution >= 4 is 18.0 Å². The molecule has 180 valence electrons. The number of aliphatic hydroxyl groups is 2. The zero-order valence-corrected chi connectivity index (χ0v) is 18.1. The van der Waals surface area contributed by atoms with Gasteiger partial charge in [0.2, 0.25) is 5.76 Å². The summed E-state index contributed by atoms with van der Waals surface area (Å²) in [5.41, 5.74) is 10.9. The summed E-state index contributed by atoms with van der Waals surface area (Å²) in [6.07, 6.45) is -1.71. The first-order chi connectivity index (χ1) is 14.6. The highest BCUT2D eigenvalue weighted by Crippen LogP contribution is 2.30. The van der Waals surface area contributed by atoms with Crippen LogP contribution in [0.4, 0.5) is 4.79 Å². The number of aliphatic carboxylic acids is 1. The number of carboxylic acid groups (broad SMARTS) is 1. The number of guanidine groups is 1. The summed E-state index contributed by atoms with van der Waals surface area (Å²) in [5, 5.41) is 29.1. The second-order valence-corrected chi connectivity index (χ2v) is 7.31. The van der Waals surface area contributed by atoms with Crippen LogP contribution in [0.15, 0.2) is 16.8 Å². The Kier molecular flexibility index (Phi) is 11.1. The summed E-state index contributed by atoms with van der Waals surface area (Å²) >= 11 is 0. The fourth-order valence-electron chi connectivity index (χ4n) is 2.93. The molecule has 5 atom stereocenters. The largest absolute Gasteiger partial charge is 0.479 e. The van der Waals surface area contributed by atoms with E-state index in [1.165, 1.54) is 18.0 Å². The third-order valence-electron chi connectivity index (χ3n) is 4.80. The second-order valence-electron chi connectivity index (χ2n) is 7.31. The third-order valence-corrected chi connectivity index (χ3v) is 4.80. The number of unbranched alkanes of at least 4 members (excludes halogenated alkanes) is 1. The third kappa shape index (κ3) is 8.23. The van der Waals surface area contributed by atoms with Crippen LogP contribution in [0.2, 0.25) is 0 Å². The molecule has 1 heterocycles. The number of carboxylic acids is 1. The lowest BCUT2D eigenvalue weighted by Crippen LogP contribution is -2.52. The van der Waals surface area contributed by atoms with E-state index in [0.717, 1.165) is 12.8 Å². The molecule has 1 aliphatic rings. The minimum atomic E-state index is -1.53. The number of likely N-dealkylation sites (N-methyl/N-ethyl adjacent to an activating group) is 1. The van der Waals surface area contributed by atoms with Crippen molar-refractivity contribution in [2.45, 2.75) is 51.0 Å². The van der Waals surface area contributed by atoms with E-state index in [0.29, 0.717) is 13.2 Å². The van der Waals surface area contributed by atoms with Gasteiger partial charge in [0.1, 0.15) is 12.2 Å². The molecule has 0 aromatic heterocycles. The summed E-state index contributed by atoms with van der Waals surface area (Å²) in [5.74, 6) is -2.69. The molecule has 0 bridgehead atoms. The SMILES string of the molecule is CCCCOCCN(C)C(=O)O[C@@H]([C@@H]1OC(C(=O)O)=C[C@H](N=C(N)N)[C@H]1C)[C@H](O)CO.[3HH]. The van der Waals surface area contributed by atoms with Crippen molar-refractivity contribution in [3.05, 3.63) is 11.8 Å². The molecule has 7 N–H and O–H groups in total. The van der Waals surface area contributed by atoms with Crippen LogP contribution < -0.4 is 11.5 Å². The number of hydrogen-bond donors (Lipinski definition) is 5. The van der Waals surface area contributed by atoms with Crippen molar-refractivity contribution < 1.29 is 40.5 Å². The zero-order chi connectivity index (χ0) is 23.6. The number of ether oxygens (including phenoxy) is 3. The molecule has 0 aromatic rings. The summed E-state index contributed by atoms with van der Waals surface area (Å²) < 4.78 is 16.3. The van der Waals surface area contributed by atoms with Crippen LogP contribution in [0.25, 0.3) is 0 Å². The molecule has 0 radical (unpaired) electrons. The maximum Gasteiger partial charge on any atom is 0.410 e. The molecule has 1 aliphatic heterocycles.